The zero-order valence-electron chi connectivity index (χ0n) is 7.95. The molecule has 0 aliphatic heterocycles. The third-order valence-electron chi connectivity index (χ3n) is 2.07. The van der Waals surface area contributed by atoms with E-state index in [0.29, 0.717) is 12.1 Å². The highest BCUT2D eigenvalue weighted by atomic mass is 79.9. The summed E-state index contributed by atoms with van der Waals surface area (Å²) in [6, 6.07) is 8.87. The normalized spacial score (nSPS) is 10.3. The number of aromatic nitrogens is 1. The zero-order chi connectivity index (χ0) is 10.7. The van der Waals surface area contributed by atoms with Gasteiger partial charge >= 0.3 is 0 Å². The molecule has 1 heterocycles. The maximum absolute atomic E-state index is 13.4. The lowest BCUT2D eigenvalue weighted by atomic mass is 10.2. The topological polar surface area (TPSA) is 17.0 Å². The van der Waals surface area contributed by atoms with Crippen molar-refractivity contribution in [2.75, 3.05) is 5.43 Å². The summed E-state index contributed by atoms with van der Waals surface area (Å²) in [5.74, 6) is -0.205. The number of halogens is 2. The molecule has 78 valence electrons. The molecule has 1 aromatic carbocycles. The Morgan fingerprint density at radius 2 is 2.00 bits per heavy atom. The summed E-state index contributed by atoms with van der Waals surface area (Å²) in [6.07, 6.45) is 3.74. The van der Waals surface area contributed by atoms with Crippen molar-refractivity contribution in [2.24, 2.45) is 0 Å². The molecule has 2 nitrogen and oxygen atoms in total. The van der Waals surface area contributed by atoms with Crippen molar-refractivity contribution in [3.8, 4) is 0 Å². The SMILES string of the molecule is Fc1cc(Br)ccc1CNn1cccc1. The lowest BCUT2D eigenvalue weighted by Crippen LogP contribution is -2.12. The zero-order valence-corrected chi connectivity index (χ0v) is 9.54. The molecule has 0 saturated carbocycles. The number of rotatable bonds is 3. The van der Waals surface area contributed by atoms with E-state index in [1.807, 2.05) is 30.6 Å². The lowest BCUT2D eigenvalue weighted by molar-refractivity contribution is 0.608. The van der Waals surface area contributed by atoms with Crippen molar-refractivity contribution in [1.29, 1.82) is 0 Å². The van der Waals surface area contributed by atoms with Gasteiger partial charge in [0, 0.05) is 22.4 Å². The molecule has 0 radical (unpaired) electrons. The highest BCUT2D eigenvalue weighted by Gasteiger charge is 2.01. The molecule has 0 aliphatic carbocycles. The first-order valence-corrected chi connectivity index (χ1v) is 5.36. The molecule has 1 N–H and O–H groups in total. The molecule has 0 unspecified atom stereocenters. The number of nitrogens with one attached hydrogen (secondary N) is 1. The van der Waals surface area contributed by atoms with Crippen LogP contribution < -0.4 is 5.43 Å². The van der Waals surface area contributed by atoms with Crippen LogP contribution in [0.2, 0.25) is 0 Å². The average Bonchev–Trinajstić information content (AvgIpc) is 2.69. The van der Waals surface area contributed by atoms with Crippen LogP contribution in [0.5, 0.6) is 0 Å². The first-order chi connectivity index (χ1) is 7.25. The number of nitrogens with zero attached hydrogens (tertiary/aromatic N) is 1. The molecule has 0 amide bonds. The molecule has 0 saturated heterocycles. The molecule has 0 fully saturated rings. The summed E-state index contributed by atoms with van der Waals surface area (Å²) < 4.78 is 15.9. The third-order valence-corrected chi connectivity index (χ3v) is 2.56. The van der Waals surface area contributed by atoms with E-state index in [1.165, 1.54) is 6.07 Å². The molecule has 2 rings (SSSR count). The molecule has 2 aromatic rings. The number of hydrogen-bond acceptors (Lipinski definition) is 1. The molecular formula is C11H10BrFN2. The van der Waals surface area contributed by atoms with E-state index in [9.17, 15) is 4.39 Å². The van der Waals surface area contributed by atoms with Crippen LogP contribution in [-0.4, -0.2) is 4.68 Å². The monoisotopic (exact) mass is 268 g/mol. The Labute approximate surface area is 95.8 Å². The smallest absolute Gasteiger partial charge is 0.129 e. The molecule has 0 aliphatic rings. The van der Waals surface area contributed by atoms with Gasteiger partial charge in [-0.05, 0) is 24.3 Å². The average molecular weight is 269 g/mol. The summed E-state index contributed by atoms with van der Waals surface area (Å²) in [7, 11) is 0. The van der Waals surface area contributed by atoms with E-state index >= 15 is 0 Å². The van der Waals surface area contributed by atoms with Crippen LogP contribution in [0.15, 0.2) is 47.2 Å². The van der Waals surface area contributed by atoms with Crippen molar-refractivity contribution in [3.63, 3.8) is 0 Å². The Hall–Kier alpha value is -1.29. The second-order valence-electron chi connectivity index (χ2n) is 3.16. The van der Waals surface area contributed by atoms with Gasteiger partial charge in [0.25, 0.3) is 0 Å². The molecule has 0 spiro atoms. The Bertz CT molecular complexity index is 440. The van der Waals surface area contributed by atoms with Crippen LogP contribution in [0.25, 0.3) is 0 Å². The molecular weight excluding hydrogens is 259 g/mol. The van der Waals surface area contributed by atoms with Gasteiger partial charge in [0.1, 0.15) is 5.82 Å². The molecule has 0 bridgehead atoms. The fourth-order valence-corrected chi connectivity index (χ4v) is 1.61. The number of benzene rings is 1. The first kappa shape index (κ1) is 10.2. The van der Waals surface area contributed by atoms with Crippen LogP contribution >= 0.6 is 15.9 Å². The maximum atomic E-state index is 13.4. The van der Waals surface area contributed by atoms with Gasteiger partial charge in [0.2, 0.25) is 0 Å². The van der Waals surface area contributed by atoms with E-state index in [2.05, 4.69) is 21.4 Å². The van der Waals surface area contributed by atoms with Crippen molar-refractivity contribution >= 4 is 15.9 Å². The van der Waals surface area contributed by atoms with E-state index < -0.39 is 0 Å². The second kappa shape index (κ2) is 4.49. The van der Waals surface area contributed by atoms with Crippen molar-refractivity contribution < 1.29 is 4.39 Å². The van der Waals surface area contributed by atoms with Crippen molar-refractivity contribution in [3.05, 3.63) is 58.6 Å². The van der Waals surface area contributed by atoms with Crippen LogP contribution in [0.1, 0.15) is 5.56 Å². The Balaban J connectivity index is 2.05. The minimum Gasteiger partial charge on any atom is -0.322 e. The predicted octanol–water partition coefficient (Wildman–Crippen LogP) is 3.13. The fourth-order valence-electron chi connectivity index (χ4n) is 1.28. The van der Waals surface area contributed by atoms with E-state index in [1.54, 1.807) is 10.7 Å². The van der Waals surface area contributed by atoms with Gasteiger partial charge in [-0.25, -0.2) is 4.39 Å². The minimum atomic E-state index is -0.205. The van der Waals surface area contributed by atoms with E-state index in [4.69, 9.17) is 0 Å². The molecule has 4 heteroatoms. The first-order valence-electron chi connectivity index (χ1n) is 4.56. The largest absolute Gasteiger partial charge is 0.322 e. The van der Waals surface area contributed by atoms with Gasteiger partial charge in [-0.2, -0.15) is 0 Å². The minimum absolute atomic E-state index is 0.205. The Morgan fingerprint density at radius 1 is 1.27 bits per heavy atom. The highest BCUT2D eigenvalue weighted by molar-refractivity contribution is 9.10. The second-order valence-corrected chi connectivity index (χ2v) is 4.08. The Morgan fingerprint density at radius 3 is 2.67 bits per heavy atom. The molecule has 15 heavy (non-hydrogen) atoms. The maximum Gasteiger partial charge on any atom is 0.129 e. The summed E-state index contributed by atoms with van der Waals surface area (Å²) >= 11 is 3.22. The van der Waals surface area contributed by atoms with Crippen LogP contribution in [0.4, 0.5) is 4.39 Å². The van der Waals surface area contributed by atoms with Gasteiger partial charge < -0.3 is 5.43 Å². The highest BCUT2D eigenvalue weighted by Crippen LogP contribution is 2.15. The van der Waals surface area contributed by atoms with Gasteiger partial charge in [-0.3, -0.25) is 4.68 Å². The third kappa shape index (κ3) is 2.59. The van der Waals surface area contributed by atoms with E-state index in [-0.39, 0.29) is 5.82 Å². The van der Waals surface area contributed by atoms with E-state index in [0.717, 1.165) is 4.47 Å². The van der Waals surface area contributed by atoms with Crippen molar-refractivity contribution in [2.45, 2.75) is 6.54 Å². The van der Waals surface area contributed by atoms with Crippen LogP contribution in [0.3, 0.4) is 0 Å². The van der Waals surface area contributed by atoms with Gasteiger partial charge in [0.15, 0.2) is 0 Å². The quantitative estimate of drug-likeness (QED) is 0.905. The predicted molar refractivity (Wildman–Crippen MR) is 61.6 cm³/mol. The lowest BCUT2D eigenvalue weighted by Gasteiger charge is -2.08. The van der Waals surface area contributed by atoms with Gasteiger partial charge in [-0.1, -0.05) is 22.0 Å². The summed E-state index contributed by atoms with van der Waals surface area (Å²) in [5, 5.41) is 0. The molecule has 1 aromatic heterocycles. The van der Waals surface area contributed by atoms with Gasteiger partial charge in [-0.15, -0.1) is 0 Å². The number of hydrogen-bond donors (Lipinski definition) is 1. The van der Waals surface area contributed by atoms with Crippen LogP contribution in [0, 0.1) is 5.82 Å². The summed E-state index contributed by atoms with van der Waals surface area (Å²) in [6.45, 7) is 0.466. The van der Waals surface area contributed by atoms with Gasteiger partial charge in [0.05, 0.1) is 6.54 Å². The van der Waals surface area contributed by atoms with Crippen LogP contribution in [-0.2, 0) is 6.54 Å². The standard InChI is InChI=1S/C11H10BrFN2/c12-10-4-3-9(11(13)7-10)8-14-15-5-1-2-6-15/h1-7,14H,8H2. The molecule has 0 atom stereocenters. The Kier molecular flexibility index (Phi) is 3.06. The summed E-state index contributed by atoms with van der Waals surface area (Å²) in [5.41, 5.74) is 3.71. The van der Waals surface area contributed by atoms with Crippen molar-refractivity contribution in [1.82, 2.24) is 4.68 Å². The summed E-state index contributed by atoms with van der Waals surface area (Å²) in [4.78, 5) is 0. The fraction of sp³-hybridized carbons (Fsp3) is 0.0909.